The fourth-order valence-electron chi connectivity index (χ4n) is 6.86. The molecule has 2 nitrogen and oxygen atoms in total. The maximum Gasteiger partial charge on any atom is 0.201 e. The normalized spacial score (nSPS) is 11.2. The monoisotopic (exact) mass is 710 g/mol. The Morgan fingerprint density at radius 2 is 0.692 bits per heavy atom. The summed E-state index contributed by atoms with van der Waals surface area (Å²) in [5, 5.41) is 0. The minimum Gasteiger partial charge on any atom is -0.494 e. The lowest BCUT2D eigenvalue weighted by Gasteiger charge is -2.11. The summed E-state index contributed by atoms with van der Waals surface area (Å²) in [5.41, 5.74) is 5.23. The number of ether oxygens (including phenoxy) is 2. The molecule has 4 rings (SSSR count). The fourth-order valence-corrected chi connectivity index (χ4v) is 6.86. The van der Waals surface area contributed by atoms with Gasteiger partial charge in [0.15, 0.2) is 11.6 Å². The van der Waals surface area contributed by atoms with E-state index in [9.17, 15) is 4.39 Å². The van der Waals surface area contributed by atoms with Crippen LogP contribution >= 0.6 is 0 Å². The molecule has 0 spiro atoms. The Kier molecular flexibility index (Phi) is 19.4. The Bertz CT molecular complexity index is 1510. The Hall–Kier alpha value is -3.66. The van der Waals surface area contributed by atoms with Crippen molar-refractivity contribution >= 4 is 0 Å². The van der Waals surface area contributed by atoms with Gasteiger partial charge in [-0.15, -0.1) is 0 Å². The van der Waals surface area contributed by atoms with E-state index in [0.717, 1.165) is 60.3 Å². The molecule has 0 N–H and O–H groups in total. The summed E-state index contributed by atoms with van der Waals surface area (Å²) in [4.78, 5) is 0. The van der Waals surface area contributed by atoms with Crippen molar-refractivity contribution in [2.24, 2.45) is 0 Å². The SMILES string of the molecule is CCCCCCCCCCCCOc1ccc(-c2ccc(-c3ccc(-c4ccc(OCCCCCCCCCCCC)c(F)c4F)cc3)cc2)cc1. The minimum absolute atomic E-state index is 0.0135. The maximum atomic E-state index is 15.1. The van der Waals surface area contributed by atoms with E-state index in [-0.39, 0.29) is 11.3 Å². The Morgan fingerprint density at radius 3 is 1.12 bits per heavy atom. The summed E-state index contributed by atoms with van der Waals surface area (Å²) >= 11 is 0. The summed E-state index contributed by atoms with van der Waals surface area (Å²) in [6, 6.07) is 27.5. The van der Waals surface area contributed by atoms with Gasteiger partial charge in [0.1, 0.15) is 5.75 Å². The molecule has 0 bridgehead atoms. The van der Waals surface area contributed by atoms with Gasteiger partial charge in [-0.2, -0.15) is 4.39 Å². The quantitative estimate of drug-likeness (QED) is 0.0574. The van der Waals surface area contributed by atoms with Gasteiger partial charge in [0.25, 0.3) is 0 Å². The highest BCUT2D eigenvalue weighted by atomic mass is 19.2. The fraction of sp³-hybridized carbons (Fsp3) is 0.500. The van der Waals surface area contributed by atoms with E-state index in [1.807, 2.05) is 24.3 Å². The standard InChI is InChI=1S/C48H64F2O2/c1-3-5-7-9-11-13-15-17-19-21-37-51-44-33-31-42(32-34-44)40-25-23-39(24-26-40)41-27-29-43(30-28-41)45-35-36-46(48(50)47(45)49)52-38-22-20-18-16-14-12-10-8-6-4-2/h23-36H,3-22,37-38H2,1-2H3. The third-order valence-electron chi connectivity index (χ3n) is 10.2. The molecule has 4 heteroatoms. The third kappa shape index (κ3) is 14.4. The second-order valence-electron chi connectivity index (χ2n) is 14.5. The van der Waals surface area contributed by atoms with Gasteiger partial charge in [-0.25, -0.2) is 4.39 Å². The van der Waals surface area contributed by atoms with Crippen molar-refractivity contribution in [1.82, 2.24) is 0 Å². The molecule has 282 valence electrons. The molecule has 0 radical (unpaired) electrons. The summed E-state index contributed by atoms with van der Waals surface area (Å²) < 4.78 is 41.7. The van der Waals surface area contributed by atoms with Crippen molar-refractivity contribution in [3.05, 3.63) is 96.6 Å². The molecule has 0 atom stereocenters. The molecule has 0 fully saturated rings. The number of hydrogen-bond donors (Lipinski definition) is 0. The molecule has 0 aliphatic rings. The first kappa shape index (κ1) is 41.1. The van der Waals surface area contributed by atoms with Gasteiger partial charge in [-0.1, -0.05) is 190 Å². The summed E-state index contributed by atoms with van der Waals surface area (Å²) in [7, 11) is 0. The van der Waals surface area contributed by atoms with Crippen LogP contribution in [0.3, 0.4) is 0 Å². The van der Waals surface area contributed by atoms with E-state index in [1.54, 1.807) is 12.1 Å². The number of halogens is 2. The number of unbranched alkanes of at least 4 members (excludes halogenated alkanes) is 18. The second kappa shape index (κ2) is 24.6. The van der Waals surface area contributed by atoms with Gasteiger partial charge < -0.3 is 9.47 Å². The number of rotatable bonds is 27. The van der Waals surface area contributed by atoms with E-state index < -0.39 is 11.6 Å². The zero-order valence-corrected chi connectivity index (χ0v) is 32.2. The van der Waals surface area contributed by atoms with Crippen LogP contribution in [-0.2, 0) is 0 Å². The molecule has 52 heavy (non-hydrogen) atoms. The van der Waals surface area contributed by atoms with Crippen LogP contribution in [0.15, 0.2) is 84.9 Å². The number of hydrogen-bond acceptors (Lipinski definition) is 2. The highest BCUT2D eigenvalue weighted by Crippen LogP contribution is 2.32. The molecule has 4 aromatic carbocycles. The molecule has 4 aromatic rings. The molecule has 0 aliphatic heterocycles. The van der Waals surface area contributed by atoms with Crippen molar-refractivity contribution < 1.29 is 18.3 Å². The molecule has 0 saturated heterocycles. The van der Waals surface area contributed by atoms with Crippen molar-refractivity contribution in [2.75, 3.05) is 13.2 Å². The first-order valence-corrected chi connectivity index (χ1v) is 20.7. The van der Waals surface area contributed by atoms with Crippen LogP contribution in [0.25, 0.3) is 33.4 Å². The van der Waals surface area contributed by atoms with E-state index in [1.165, 1.54) is 103 Å². The van der Waals surface area contributed by atoms with Crippen molar-refractivity contribution in [3.63, 3.8) is 0 Å². The van der Waals surface area contributed by atoms with Crippen molar-refractivity contribution in [1.29, 1.82) is 0 Å². The smallest absolute Gasteiger partial charge is 0.201 e. The van der Waals surface area contributed by atoms with Crippen LogP contribution < -0.4 is 9.47 Å². The predicted molar refractivity (Wildman–Crippen MR) is 217 cm³/mol. The van der Waals surface area contributed by atoms with Crippen LogP contribution in [0.2, 0.25) is 0 Å². The minimum atomic E-state index is -0.919. The Balaban J connectivity index is 1.17. The van der Waals surface area contributed by atoms with Gasteiger partial charge in [0.2, 0.25) is 5.82 Å². The largest absolute Gasteiger partial charge is 0.494 e. The summed E-state index contributed by atoms with van der Waals surface area (Å²) in [5.74, 6) is -0.884. The zero-order chi connectivity index (χ0) is 36.6. The third-order valence-corrected chi connectivity index (χ3v) is 10.2. The van der Waals surface area contributed by atoms with Gasteiger partial charge >= 0.3 is 0 Å². The van der Waals surface area contributed by atoms with Crippen LogP contribution in [0.1, 0.15) is 142 Å². The van der Waals surface area contributed by atoms with Gasteiger partial charge in [0, 0.05) is 5.56 Å². The van der Waals surface area contributed by atoms with E-state index in [0.29, 0.717) is 12.2 Å². The number of benzene rings is 4. The maximum absolute atomic E-state index is 15.1. The predicted octanol–water partition coefficient (Wildman–Crippen LogP) is 15.6. The van der Waals surface area contributed by atoms with Gasteiger partial charge in [-0.3, -0.25) is 0 Å². The Labute approximate surface area is 314 Å². The van der Waals surface area contributed by atoms with E-state index >= 15 is 4.39 Å². The molecule has 0 saturated carbocycles. The van der Waals surface area contributed by atoms with Crippen LogP contribution in [-0.4, -0.2) is 13.2 Å². The lowest BCUT2D eigenvalue weighted by atomic mass is 9.98. The topological polar surface area (TPSA) is 18.5 Å². The summed E-state index contributed by atoms with van der Waals surface area (Å²) in [6.45, 7) is 5.68. The highest BCUT2D eigenvalue weighted by Gasteiger charge is 2.16. The Morgan fingerprint density at radius 1 is 0.346 bits per heavy atom. The van der Waals surface area contributed by atoms with Crippen molar-refractivity contribution in [3.8, 4) is 44.9 Å². The lowest BCUT2D eigenvalue weighted by Crippen LogP contribution is -2.01. The first-order chi connectivity index (χ1) is 25.6. The summed E-state index contributed by atoms with van der Waals surface area (Å²) in [6.07, 6.45) is 25.4. The molecule has 0 heterocycles. The van der Waals surface area contributed by atoms with Crippen molar-refractivity contribution in [2.45, 2.75) is 142 Å². The van der Waals surface area contributed by atoms with E-state index in [4.69, 9.17) is 9.47 Å². The lowest BCUT2D eigenvalue weighted by molar-refractivity contribution is 0.285. The molecule has 0 amide bonds. The molecular formula is C48H64F2O2. The average Bonchev–Trinajstić information content (AvgIpc) is 3.18. The second-order valence-corrected chi connectivity index (χ2v) is 14.5. The van der Waals surface area contributed by atoms with Crippen LogP contribution in [0, 0.1) is 11.6 Å². The van der Waals surface area contributed by atoms with Gasteiger partial charge in [-0.05, 0) is 64.9 Å². The molecule has 0 aliphatic carbocycles. The molecular weight excluding hydrogens is 647 g/mol. The molecule has 0 unspecified atom stereocenters. The van der Waals surface area contributed by atoms with Crippen LogP contribution in [0.4, 0.5) is 8.78 Å². The van der Waals surface area contributed by atoms with Gasteiger partial charge in [0.05, 0.1) is 13.2 Å². The van der Waals surface area contributed by atoms with Crippen LogP contribution in [0.5, 0.6) is 11.5 Å². The van der Waals surface area contributed by atoms with E-state index in [2.05, 4.69) is 62.4 Å². The zero-order valence-electron chi connectivity index (χ0n) is 32.2. The molecule has 0 aromatic heterocycles. The first-order valence-electron chi connectivity index (χ1n) is 20.7. The average molecular weight is 711 g/mol. The highest BCUT2D eigenvalue weighted by molar-refractivity contribution is 5.74.